The number of hydrogen-bond donors (Lipinski definition) is 0. The van der Waals surface area contributed by atoms with Crippen LogP contribution in [0.4, 0.5) is 27.6 Å². The second kappa shape index (κ2) is 8.82. The maximum Gasteiger partial charge on any atom is 0.423 e. The molecule has 34 heavy (non-hydrogen) atoms. The van der Waals surface area contributed by atoms with E-state index in [-0.39, 0.29) is 10.8 Å². The van der Waals surface area contributed by atoms with E-state index in [9.17, 15) is 32.1 Å². The van der Waals surface area contributed by atoms with Gasteiger partial charge in [0.1, 0.15) is 28.0 Å². The van der Waals surface area contributed by atoms with E-state index in [0.717, 1.165) is 41.7 Å². The molecule has 0 unspecified atom stereocenters. The summed E-state index contributed by atoms with van der Waals surface area (Å²) in [5, 5.41) is 13.0. The molecule has 0 amide bonds. The Balaban J connectivity index is 1.98. The summed E-state index contributed by atoms with van der Waals surface area (Å²) in [7, 11) is 0. The van der Waals surface area contributed by atoms with Crippen molar-refractivity contribution in [3.63, 3.8) is 0 Å². The van der Waals surface area contributed by atoms with Crippen LogP contribution in [-0.4, -0.2) is 9.91 Å². The minimum Gasteiger partial charge on any atom is -0.470 e. The van der Waals surface area contributed by atoms with Crippen molar-refractivity contribution in [1.29, 1.82) is 0 Å². The molecule has 0 radical (unpaired) electrons. The zero-order valence-corrected chi connectivity index (χ0v) is 17.7. The summed E-state index contributed by atoms with van der Waals surface area (Å²) in [5.74, 6) is -1.49. The molecule has 4 rings (SSSR count). The van der Waals surface area contributed by atoms with Gasteiger partial charge in [-0.25, -0.2) is 13.8 Å². The fourth-order valence-corrected chi connectivity index (χ4v) is 4.30. The number of aromatic nitrogens is 1. The average molecular weight is 492 g/mol. The average Bonchev–Trinajstić information content (AvgIpc) is 3.33. The number of benzene rings is 3. The third-order valence-electron chi connectivity index (χ3n) is 4.98. The van der Waals surface area contributed by atoms with Gasteiger partial charge in [-0.2, -0.15) is 13.2 Å². The monoisotopic (exact) mass is 492 g/mol. The third kappa shape index (κ3) is 4.34. The molecule has 0 spiro atoms. The molecule has 1 heterocycles. The van der Waals surface area contributed by atoms with Crippen molar-refractivity contribution in [1.82, 2.24) is 4.98 Å². The second-order valence-corrected chi connectivity index (χ2v) is 7.96. The number of ether oxygens (including phenoxy) is 1. The maximum absolute atomic E-state index is 13.7. The van der Waals surface area contributed by atoms with Crippen molar-refractivity contribution in [3.05, 3.63) is 122 Å². The Morgan fingerprint density at radius 3 is 1.88 bits per heavy atom. The lowest BCUT2D eigenvalue weighted by molar-refractivity contribution is -0.388. The van der Waals surface area contributed by atoms with E-state index in [1.165, 1.54) is 30.5 Å². The number of rotatable bonds is 6. The first kappa shape index (κ1) is 23.3. The zero-order chi connectivity index (χ0) is 24.5. The van der Waals surface area contributed by atoms with Crippen molar-refractivity contribution in [2.45, 2.75) is 11.8 Å². The molecule has 0 aliphatic rings. The lowest BCUT2D eigenvalue weighted by atomic mass is 9.86. The zero-order valence-electron chi connectivity index (χ0n) is 16.9. The van der Waals surface area contributed by atoms with Gasteiger partial charge in [-0.1, -0.05) is 24.3 Å². The molecule has 11 heteroatoms. The molecule has 0 saturated heterocycles. The van der Waals surface area contributed by atoms with Gasteiger partial charge in [-0.05, 0) is 36.4 Å². The van der Waals surface area contributed by atoms with Gasteiger partial charge in [0.2, 0.25) is 5.60 Å². The molecule has 3 aromatic carbocycles. The van der Waals surface area contributed by atoms with Gasteiger partial charge in [0.25, 0.3) is 5.69 Å². The van der Waals surface area contributed by atoms with Crippen molar-refractivity contribution < 1.29 is 31.6 Å². The van der Waals surface area contributed by atoms with E-state index in [1.807, 2.05) is 0 Å². The van der Waals surface area contributed by atoms with Crippen molar-refractivity contribution >= 4 is 17.0 Å². The standard InChI is InChI=1S/C23H13F5N2O3S/c24-16-5-1-14(2-6-16)22(21-29-11-12-34-21,15-3-7-17(25)8-4-15)33-18-9-10-20(30(31)32)19(13-18)23(26,27)28/h1-13H. The van der Waals surface area contributed by atoms with Crippen LogP contribution < -0.4 is 4.74 Å². The maximum atomic E-state index is 13.7. The van der Waals surface area contributed by atoms with Gasteiger partial charge in [0.05, 0.1) is 4.92 Å². The van der Waals surface area contributed by atoms with Crippen molar-refractivity contribution in [2.24, 2.45) is 0 Å². The molecule has 0 aliphatic carbocycles. The number of nitrogens with zero attached hydrogens (tertiary/aromatic N) is 2. The highest BCUT2D eigenvalue weighted by Gasteiger charge is 2.43. The van der Waals surface area contributed by atoms with E-state index in [0.29, 0.717) is 23.3 Å². The minimum absolute atomic E-state index is 0.262. The molecule has 0 aliphatic heterocycles. The number of alkyl halides is 3. The van der Waals surface area contributed by atoms with E-state index in [2.05, 4.69) is 4.98 Å². The Morgan fingerprint density at radius 2 is 1.44 bits per heavy atom. The lowest BCUT2D eigenvalue weighted by Gasteiger charge is -2.34. The van der Waals surface area contributed by atoms with E-state index >= 15 is 0 Å². The Bertz CT molecular complexity index is 1260. The SMILES string of the molecule is O=[N+]([O-])c1ccc(OC(c2ccc(F)cc2)(c2ccc(F)cc2)c2nccs2)cc1C(F)(F)F. The van der Waals surface area contributed by atoms with Crippen LogP contribution in [0, 0.1) is 21.7 Å². The summed E-state index contributed by atoms with van der Waals surface area (Å²) in [5.41, 5.74) is -3.76. The van der Waals surface area contributed by atoms with Gasteiger partial charge >= 0.3 is 6.18 Å². The predicted molar refractivity (Wildman–Crippen MR) is 114 cm³/mol. The fourth-order valence-electron chi connectivity index (χ4n) is 3.48. The van der Waals surface area contributed by atoms with Crippen molar-refractivity contribution in [3.8, 4) is 5.75 Å². The first-order valence-electron chi connectivity index (χ1n) is 9.58. The number of nitro benzene ring substituents is 1. The van der Waals surface area contributed by atoms with Crippen molar-refractivity contribution in [2.75, 3.05) is 0 Å². The third-order valence-corrected chi connectivity index (χ3v) is 5.85. The summed E-state index contributed by atoms with van der Waals surface area (Å²) in [6.07, 6.45) is -3.58. The first-order valence-corrected chi connectivity index (χ1v) is 10.5. The molecular formula is C23H13F5N2O3S. The van der Waals surface area contributed by atoms with Crippen LogP contribution in [0.1, 0.15) is 21.7 Å². The van der Waals surface area contributed by atoms with E-state index < -0.39 is 39.6 Å². The van der Waals surface area contributed by atoms with Crippen LogP contribution in [0.3, 0.4) is 0 Å². The molecule has 0 N–H and O–H groups in total. The fraction of sp³-hybridized carbons (Fsp3) is 0.0870. The Kier molecular flexibility index (Phi) is 6.05. The van der Waals surface area contributed by atoms with Gasteiger partial charge in [0.15, 0.2) is 0 Å². The molecule has 5 nitrogen and oxygen atoms in total. The smallest absolute Gasteiger partial charge is 0.423 e. The molecule has 0 fully saturated rings. The molecular weight excluding hydrogens is 479 g/mol. The molecule has 4 aromatic rings. The summed E-state index contributed by atoms with van der Waals surface area (Å²) in [6, 6.07) is 12.3. The predicted octanol–water partition coefficient (Wildman–Crippen LogP) is 6.72. The lowest BCUT2D eigenvalue weighted by Crippen LogP contribution is -2.36. The van der Waals surface area contributed by atoms with Gasteiger partial charge < -0.3 is 4.74 Å². The minimum atomic E-state index is -5.03. The van der Waals surface area contributed by atoms with Gasteiger partial charge in [-0.15, -0.1) is 11.3 Å². The van der Waals surface area contributed by atoms with E-state index in [1.54, 1.807) is 5.38 Å². The first-order chi connectivity index (χ1) is 16.1. The number of hydrogen-bond acceptors (Lipinski definition) is 5. The number of thiazole rings is 1. The highest BCUT2D eigenvalue weighted by atomic mass is 32.1. The summed E-state index contributed by atoms with van der Waals surface area (Å²) < 4.78 is 74.3. The molecule has 0 atom stereocenters. The Labute approximate surface area is 193 Å². The second-order valence-electron chi connectivity index (χ2n) is 7.07. The van der Waals surface area contributed by atoms with Crippen LogP contribution in [-0.2, 0) is 11.8 Å². The highest BCUT2D eigenvalue weighted by molar-refractivity contribution is 7.09. The molecule has 174 valence electrons. The van der Waals surface area contributed by atoms with Crippen LogP contribution in [0.2, 0.25) is 0 Å². The number of nitro groups is 1. The van der Waals surface area contributed by atoms with E-state index in [4.69, 9.17) is 4.74 Å². The molecule has 1 aromatic heterocycles. The Morgan fingerprint density at radius 1 is 0.882 bits per heavy atom. The molecule has 0 saturated carbocycles. The summed E-state index contributed by atoms with van der Waals surface area (Å²) >= 11 is 1.11. The van der Waals surface area contributed by atoms with Crippen LogP contribution in [0.15, 0.2) is 78.3 Å². The highest BCUT2D eigenvalue weighted by Crippen LogP contribution is 2.44. The van der Waals surface area contributed by atoms with Crippen LogP contribution in [0.5, 0.6) is 5.75 Å². The molecule has 0 bridgehead atoms. The van der Waals surface area contributed by atoms with Crippen LogP contribution >= 0.6 is 11.3 Å². The normalized spacial score (nSPS) is 11.9. The largest absolute Gasteiger partial charge is 0.470 e. The Hall–Kier alpha value is -3.86. The van der Waals surface area contributed by atoms with Gasteiger partial charge in [-0.3, -0.25) is 10.1 Å². The summed E-state index contributed by atoms with van der Waals surface area (Å²) in [6.45, 7) is 0. The number of halogens is 5. The topological polar surface area (TPSA) is 65.3 Å². The van der Waals surface area contributed by atoms with Gasteiger partial charge in [0, 0.05) is 28.8 Å². The summed E-state index contributed by atoms with van der Waals surface area (Å²) in [4.78, 5) is 14.3. The van der Waals surface area contributed by atoms with Crippen LogP contribution in [0.25, 0.3) is 0 Å². The quantitative estimate of drug-likeness (QED) is 0.170.